The van der Waals surface area contributed by atoms with Crippen molar-refractivity contribution in [3.05, 3.63) is 23.0 Å². The van der Waals surface area contributed by atoms with E-state index in [2.05, 4.69) is 21.9 Å². The number of rotatable bonds is 2. The van der Waals surface area contributed by atoms with Gasteiger partial charge in [0.05, 0.1) is 12.5 Å². The van der Waals surface area contributed by atoms with Crippen LogP contribution in [0.5, 0.6) is 5.75 Å². The molecule has 1 aromatic heterocycles. The van der Waals surface area contributed by atoms with E-state index in [4.69, 9.17) is 16.3 Å². The summed E-state index contributed by atoms with van der Waals surface area (Å²) in [5.41, 5.74) is -0.0190. The number of ether oxygens (including phenoxy) is 1. The fraction of sp³-hybridized carbons (Fsp3) is 0.500. The van der Waals surface area contributed by atoms with Crippen molar-refractivity contribution in [2.75, 3.05) is 32.1 Å². The van der Waals surface area contributed by atoms with Crippen LogP contribution in [0.4, 0.5) is 14.6 Å². The maximum absolute atomic E-state index is 14.2. The van der Waals surface area contributed by atoms with E-state index in [1.165, 1.54) is 7.11 Å². The minimum atomic E-state index is -0.772. The molecule has 0 aliphatic carbocycles. The highest BCUT2D eigenvalue weighted by Crippen LogP contribution is 2.39. The highest BCUT2D eigenvalue weighted by atomic mass is 35.5. The maximum Gasteiger partial charge on any atom is 0.225 e. The molecule has 4 rings (SSSR count). The van der Waals surface area contributed by atoms with Crippen molar-refractivity contribution in [3.63, 3.8) is 0 Å². The fourth-order valence-corrected chi connectivity index (χ4v) is 4.05. The quantitative estimate of drug-likeness (QED) is 0.776. The lowest BCUT2D eigenvalue weighted by Gasteiger charge is -2.39. The van der Waals surface area contributed by atoms with Gasteiger partial charge in [-0.05, 0) is 31.5 Å². The van der Waals surface area contributed by atoms with Gasteiger partial charge < -0.3 is 9.64 Å². The van der Waals surface area contributed by atoms with Crippen LogP contribution in [0.15, 0.2) is 6.07 Å². The second kappa shape index (κ2) is 5.67. The van der Waals surface area contributed by atoms with Crippen LogP contribution in [0.25, 0.3) is 10.9 Å². The Bertz CT molecular complexity index is 804. The number of halogens is 3. The molecule has 0 spiro atoms. The third kappa shape index (κ3) is 2.29. The molecule has 0 amide bonds. The molecule has 128 valence electrons. The second-order valence-electron chi connectivity index (χ2n) is 6.37. The van der Waals surface area contributed by atoms with Gasteiger partial charge in [0, 0.05) is 31.2 Å². The van der Waals surface area contributed by atoms with Crippen molar-refractivity contribution in [1.82, 2.24) is 14.9 Å². The van der Waals surface area contributed by atoms with Gasteiger partial charge in [-0.15, -0.1) is 0 Å². The summed E-state index contributed by atoms with van der Waals surface area (Å²) in [4.78, 5) is 12.6. The molecule has 2 unspecified atom stereocenters. The van der Waals surface area contributed by atoms with Gasteiger partial charge in [0.2, 0.25) is 5.28 Å². The van der Waals surface area contributed by atoms with E-state index in [0.29, 0.717) is 17.9 Å². The maximum atomic E-state index is 14.2. The van der Waals surface area contributed by atoms with Crippen LogP contribution >= 0.6 is 11.6 Å². The third-order valence-corrected chi connectivity index (χ3v) is 5.31. The number of benzene rings is 1. The first kappa shape index (κ1) is 15.8. The highest BCUT2D eigenvalue weighted by molar-refractivity contribution is 6.29. The van der Waals surface area contributed by atoms with Gasteiger partial charge in [0.15, 0.2) is 17.4 Å². The van der Waals surface area contributed by atoms with Crippen LogP contribution in [0.3, 0.4) is 0 Å². The van der Waals surface area contributed by atoms with Gasteiger partial charge in [-0.3, -0.25) is 4.90 Å². The second-order valence-corrected chi connectivity index (χ2v) is 6.71. The lowest BCUT2D eigenvalue weighted by atomic mass is 10.1. The monoisotopic (exact) mass is 354 g/mol. The highest BCUT2D eigenvalue weighted by Gasteiger charge is 2.39. The number of nitrogens with zero attached hydrogens (tertiary/aromatic N) is 4. The van der Waals surface area contributed by atoms with Gasteiger partial charge >= 0.3 is 0 Å². The van der Waals surface area contributed by atoms with Crippen LogP contribution in [-0.4, -0.2) is 54.2 Å². The zero-order valence-corrected chi connectivity index (χ0v) is 14.1. The Hall–Kier alpha value is -1.73. The molecule has 2 saturated heterocycles. The molecule has 0 saturated carbocycles. The summed E-state index contributed by atoms with van der Waals surface area (Å²) in [7, 11) is 3.46. The normalized spacial score (nSPS) is 24.0. The van der Waals surface area contributed by atoms with E-state index in [9.17, 15) is 8.78 Å². The summed E-state index contributed by atoms with van der Waals surface area (Å²) < 4.78 is 33.6. The van der Waals surface area contributed by atoms with Gasteiger partial charge in [0.1, 0.15) is 11.3 Å². The van der Waals surface area contributed by atoms with Gasteiger partial charge in [0.25, 0.3) is 0 Å². The first-order valence-corrected chi connectivity index (χ1v) is 8.23. The Morgan fingerprint density at radius 1 is 1.17 bits per heavy atom. The average Bonchev–Trinajstić information content (AvgIpc) is 2.76. The van der Waals surface area contributed by atoms with Crippen molar-refractivity contribution in [2.45, 2.75) is 24.9 Å². The molecule has 0 radical (unpaired) electrons. The van der Waals surface area contributed by atoms with E-state index >= 15 is 0 Å². The zero-order chi connectivity index (χ0) is 17.0. The largest absolute Gasteiger partial charge is 0.493 e. The van der Waals surface area contributed by atoms with Gasteiger partial charge in [-0.1, -0.05) is 0 Å². The molecule has 3 heterocycles. The summed E-state index contributed by atoms with van der Waals surface area (Å²) in [6, 6.07) is 1.57. The number of aromatic nitrogens is 2. The van der Waals surface area contributed by atoms with Gasteiger partial charge in [-0.25, -0.2) is 13.8 Å². The number of hydrogen-bond donors (Lipinski definition) is 0. The molecule has 1 aromatic carbocycles. The van der Waals surface area contributed by atoms with Crippen LogP contribution in [0.2, 0.25) is 5.28 Å². The topological polar surface area (TPSA) is 41.5 Å². The summed E-state index contributed by atoms with van der Waals surface area (Å²) in [6.07, 6.45) is 2.21. The van der Waals surface area contributed by atoms with Crippen molar-refractivity contribution in [3.8, 4) is 5.75 Å². The van der Waals surface area contributed by atoms with Crippen molar-refractivity contribution < 1.29 is 13.5 Å². The van der Waals surface area contributed by atoms with Crippen LogP contribution < -0.4 is 9.64 Å². The fourth-order valence-electron chi connectivity index (χ4n) is 3.88. The van der Waals surface area contributed by atoms with Gasteiger partial charge in [-0.2, -0.15) is 4.98 Å². The minimum absolute atomic E-state index is 0.0190. The Morgan fingerprint density at radius 2 is 1.83 bits per heavy atom. The average molecular weight is 355 g/mol. The molecule has 5 nitrogen and oxygen atoms in total. The number of anilines is 1. The SMILES string of the molecule is COc1c(F)cc(F)c2nc(Cl)nc(N3CC4CCC(C3)N4C)c12. The van der Waals surface area contributed by atoms with E-state index in [1.54, 1.807) is 0 Å². The van der Waals surface area contributed by atoms with Crippen molar-refractivity contribution in [2.24, 2.45) is 0 Å². The molecular formula is C16H17ClF2N4O. The molecule has 0 N–H and O–H groups in total. The number of likely N-dealkylation sites (N-methyl/N-ethyl adjacent to an activating group) is 1. The minimum Gasteiger partial charge on any atom is -0.493 e. The predicted octanol–water partition coefficient (Wildman–Crippen LogP) is 2.85. The van der Waals surface area contributed by atoms with E-state index in [0.717, 1.165) is 32.0 Å². The number of piperazine rings is 1. The predicted molar refractivity (Wildman–Crippen MR) is 87.8 cm³/mol. The van der Waals surface area contributed by atoms with E-state index in [1.807, 2.05) is 4.90 Å². The summed E-state index contributed by atoms with van der Waals surface area (Å²) in [5, 5.41) is 0.180. The smallest absolute Gasteiger partial charge is 0.225 e. The van der Waals surface area contributed by atoms with Crippen LogP contribution in [0, 0.1) is 11.6 Å². The van der Waals surface area contributed by atoms with E-state index < -0.39 is 11.6 Å². The van der Waals surface area contributed by atoms with Crippen LogP contribution in [-0.2, 0) is 0 Å². The molecule has 2 aromatic rings. The summed E-state index contributed by atoms with van der Waals surface area (Å²) in [6.45, 7) is 1.47. The van der Waals surface area contributed by atoms with Crippen molar-refractivity contribution >= 4 is 28.3 Å². The molecule has 24 heavy (non-hydrogen) atoms. The first-order chi connectivity index (χ1) is 11.5. The molecule has 2 aliphatic rings. The lowest BCUT2D eigenvalue weighted by molar-refractivity contribution is 0.212. The lowest BCUT2D eigenvalue weighted by Crippen LogP contribution is -2.52. The zero-order valence-electron chi connectivity index (χ0n) is 13.4. The number of fused-ring (bicyclic) bond motifs is 3. The van der Waals surface area contributed by atoms with Crippen molar-refractivity contribution in [1.29, 1.82) is 0 Å². The Balaban J connectivity index is 1.92. The summed E-state index contributed by atoms with van der Waals surface area (Å²) in [5.74, 6) is -1.16. The summed E-state index contributed by atoms with van der Waals surface area (Å²) >= 11 is 6.01. The van der Waals surface area contributed by atoms with Crippen LogP contribution in [0.1, 0.15) is 12.8 Å². The molecule has 2 fully saturated rings. The Kier molecular flexibility index (Phi) is 3.73. The molecular weight excluding hydrogens is 338 g/mol. The molecule has 2 atom stereocenters. The Morgan fingerprint density at radius 3 is 2.46 bits per heavy atom. The molecule has 2 aliphatic heterocycles. The first-order valence-electron chi connectivity index (χ1n) is 7.85. The number of methoxy groups -OCH3 is 1. The third-order valence-electron chi connectivity index (χ3n) is 5.14. The number of hydrogen-bond acceptors (Lipinski definition) is 5. The standard InChI is InChI=1S/C16H17ClF2N4O/c1-22-8-3-4-9(22)7-23(6-8)15-12-13(20-16(17)21-15)10(18)5-11(19)14(12)24-2/h5,8-9H,3-4,6-7H2,1-2H3. The molecule has 8 heteroatoms. The molecule has 2 bridgehead atoms. The Labute approximate surface area is 143 Å². The van der Waals surface area contributed by atoms with E-state index in [-0.39, 0.29) is 21.9 Å².